The Bertz CT molecular complexity index is 281. The second-order valence-corrected chi connectivity index (χ2v) is 4.10. The molecule has 3 N–H and O–H groups in total. The second-order valence-electron chi connectivity index (χ2n) is 2.54. The van der Waals surface area contributed by atoms with E-state index in [1.165, 1.54) is 0 Å². The Balaban J connectivity index is 0.000000487. The van der Waals surface area contributed by atoms with Gasteiger partial charge in [0.25, 0.3) is 0 Å². The van der Waals surface area contributed by atoms with Gasteiger partial charge in [0.2, 0.25) is 0 Å². The van der Waals surface area contributed by atoms with E-state index in [4.69, 9.17) is 15.1 Å². The first-order chi connectivity index (χ1) is 7.20. The van der Waals surface area contributed by atoms with Crippen LogP contribution in [0, 0.1) is 29.1 Å². The third kappa shape index (κ3) is 4.37. The Morgan fingerprint density at radius 3 is 1.12 bits per heavy atom. The molecule has 1 aromatic carbocycles. The number of rotatable bonds is 0. The van der Waals surface area contributed by atoms with E-state index >= 15 is 0 Å². The van der Waals surface area contributed by atoms with Crippen molar-refractivity contribution in [3.05, 3.63) is 29.1 Å². The first-order valence-corrected chi connectivity index (χ1v) is 5.28. The van der Waals surface area contributed by atoms with E-state index in [9.17, 15) is 22.0 Å². The average Bonchev–Trinajstić information content (AvgIpc) is 2.20. The Kier molecular flexibility index (Phi) is 7.21. The fraction of sp³-hybridized carbons (Fsp3) is 0. The van der Waals surface area contributed by atoms with Gasteiger partial charge in [-0.05, 0) is 0 Å². The molecule has 0 unspecified atom stereocenters. The van der Waals surface area contributed by atoms with Gasteiger partial charge < -0.3 is 15.1 Å². The normalized spacial score (nSPS) is 9.62. The van der Waals surface area contributed by atoms with Crippen LogP contribution >= 0.6 is 0 Å². The molecule has 0 saturated carbocycles. The van der Waals surface area contributed by atoms with Gasteiger partial charge in [-0.2, -0.15) is 0 Å². The van der Waals surface area contributed by atoms with Crippen molar-refractivity contribution < 1.29 is 37.0 Å². The predicted octanol–water partition coefficient (Wildman–Crippen LogP) is -0.876. The first kappa shape index (κ1) is 16.5. The van der Waals surface area contributed by atoms with Crippen molar-refractivity contribution in [2.75, 3.05) is 0 Å². The molecule has 0 radical (unpaired) electrons. The van der Waals surface area contributed by atoms with Crippen LogP contribution in [0.2, 0.25) is 0 Å². The van der Waals surface area contributed by atoms with E-state index < -0.39 is 85.0 Å². The molecule has 0 aromatic heterocycles. The van der Waals surface area contributed by atoms with Crippen LogP contribution in [-0.4, -0.2) is 71.3 Å². The molecule has 0 fully saturated rings. The van der Waals surface area contributed by atoms with Crippen molar-refractivity contribution in [1.29, 1.82) is 0 Å². The van der Waals surface area contributed by atoms with E-state index in [1.807, 2.05) is 0 Å². The molecule has 0 bridgehead atoms. The Morgan fingerprint density at radius 1 is 0.688 bits per heavy atom. The van der Waals surface area contributed by atoms with Crippen molar-refractivity contribution >= 4 is 55.9 Å². The van der Waals surface area contributed by atoms with Crippen molar-refractivity contribution in [2.45, 2.75) is 0 Å². The van der Waals surface area contributed by atoms with Crippen LogP contribution in [0.4, 0.5) is 22.0 Å². The third-order valence-electron chi connectivity index (χ3n) is 1.43. The van der Waals surface area contributed by atoms with Crippen LogP contribution in [-0.2, 0) is 0 Å². The molecule has 3 nitrogen and oxygen atoms in total. The Hall–Kier alpha value is 0.451. The van der Waals surface area contributed by atoms with E-state index in [1.54, 1.807) is 0 Å². The summed E-state index contributed by atoms with van der Waals surface area (Å²) in [5.74, 6) is -9.23. The van der Waals surface area contributed by atoms with Gasteiger partial charge >= 0.3 is 107 Å². The van der Waals surface area contributed by atoms with Gasteiger partial charge in [-0.3, -0.25) is 0 Å². The number of benzene rings is 1. The zero-order valence-corrected chi connectivity index (χ0v) is 10.9. The molecule has 1 aromatic rings. The molecule has 0 amide bonds. The molecule has 0 heterocycles. The van der Waals surface area contributed by atoms with E-state index in [0.29, 0.717) is 0 Å². The summed E-state index contributed by atoms with van der Waals surface area (Å²) in [7, 11) is -2.17. The third-order valence-corrected chi connectivity index (χ3v) is 2.80. The predicted molar refractivity (Wildman–Crippen MR) is 44.0 cm³/mol. The summed E-state index contributed by atoms with van der Waals surface area (Å²) in [6, 6.07) is 0. The standard InChI is InChI=1S/C6F5.BH3O3.K/c7-2-1-3(8)5(10)6(11)4(2)9;2-1(3)4;/h;2-4H;. The van der Waals surface area contributed by atoms with Crippen molar-refractivity contribution in [1.82, 2.24) is 0 Å². The Labute approximate surface area is 121 Å². The van der Waals surface area contributed by atoms with E-state index in [-0.39, 0.29) is 0 Å². The number of halogens is 5. The summed E-state index contributed by atoms with van der Waals surface area (Å²) in [5, 5.41) is 21.5. The molecule has 0 spiro atoms. The molecule has 0 saturated heterocycles. The molecular weight excluding hydrogens is 265 g/mol. The zero-order chi connectivity index (χ0) is 13.0. The minimum atomic E-state index is -2.17. The maximum Gasteiger partial charge on any atom is 0.631 e. The SMILES string of the molecule is Fc1c(F)c(F)[c]([K])c(F)c1F.OB(O)O. The van der Waals surface area contributed by atoms with Crippen LogP contribution in [0.1, 0.15) is 0 Å². The fourth-order valence-electron chi connectivity index (χ4n) is 0.715. The van der Waals surface area contributed by atoms with Crippen LogP contribution in [0.15, 0.2) is 0 Å². The van der Waals surface area contributed by atoms with Crippen LogP contribution < -0.4 is -0.342 Å². The average molecular weight is 268 g/mol. The zero-order valence-electron chi connectivity index (χ0n) is 7.81. The monoisotopic (exact) mass is 268 g/mol. The summed E-state index contributed by atoms with van der Waals surface area (Å²) in [6.45, 7) is 0. The van der Waals surface area contributed by atoms with Crippen LogP contribution in [0.3, 0.4) is 0 Å². The van der Waals surface area contributed by atoms with Gasteiger partial charge in [-0.25, -0.2) is 0 Å². The molecule has 0 aliphatic heterocycles. The molecule has 0 atom stereocenters. The van der Waals surface area contributed by atoms with Crippen molar-refractivity contribution in [3.8, 4) is 0 Å². The van der Waals surface area contributed by atoms with Gasteiger partial charge in [0.1, 0.15) is 0 Å². The van der Waals surface area contributed by atoms with Crippen molar-refractivity contribution in [2.24, 2.45) is 0 Å². The van der Waals surface area contributed by atoms with Crippen LogP contribution in [0.5, 0.6) is 0 Å². The molecule has 0 aliphatic rings. The van der Waals surface area contributed by atoms with Crippen molar-refractivity contribution in [3.63, 3.8) is 0 Å². The minimum Gasteiger partial charge on any atom is -0.402 e. The van der Waals surface area contributed by atoms with Gasteiger partial charge in [-0.15, -0.1) is 0 Å². The quantitative estimate of drug-likeness (QED) is 0.248. The molecule has 1 rings (SSSR count). The number of hydrogen-bond donors (Lipinski definition) is 3. The smallest absolute Gasteiger partial charge is 0.402 e. The molecule has 16 heavy (non-hydrogen) atoms. The van der Waals surface area contributed by atoms with Crippen LogP contribution in [0.25, 0.3) is 0 Å². The maximum atomic E-state index is 12.5. The molecule has 10 heteroatoms. The van der Waals surface area contributed by atoms with Gasteiger partial charge in [0.05, 0.1) is 0 Å². The fourth-order valence-corrected chi connectivity index (χ4v) is 1.40. The summed E-state index contributed by atoms with van der Waals surface area (Å²) < 4.78 is 61.1. The topological polar surface area (TPSA) is 60.7 Å². The first-order valence-electron chi connectivity index (χ1n) is 3.72. The molecular formula is C6H3BF5KO3. The molecule has 84 valence electrons. The van der Waals surface area contributed by atoms with E-state index in [0.717, 1.165) is 0 Å². The van der Waals surface area contributed by atoms with Gasteiger partial charge in [0.15, 0.2) is 0 Å². The summed E-state index contributed by atoms with van der Waals surface area (Å²) >= 11 is -0.587. The van der Waals surface area contributed by atoms with Gasteiger partial charge in [-0.1, -0.05) is 0 Å². The maximum absolute atomic E-state index is 12.5. The summed E-state index contributed by atoms with van der Waals surface area (Å²) in [5.41, 5.74) is 0. The molecule has 0 aliphatic carbocycles. The summed E-state index contributed by atoms with van der Waals surface area (Å²) in [6.07, 6.45) is 0. The Morgan fingerprint density at radius 2 is 0.875 bits per heavy atom. The second kappa shape index (κ2) is 7.01. The minimum absolute atomic E-state index is 0.587. The largest absolute Gasteiger partial charge is 0.631 e. The van der Waals surface area contributed by atoms with E-state index in [2.05, 4.69) is 0 Å². The van der Waals surface area contributed by atoms with Gasteiger partial charge in [0, 0.05) is 0 Å². The number of hydrogen-bond acceptors (Lipinski definition) is 3. The summed E-state index contributed by atoms with van der Waals surface area (Å²) in [4.78, 5) is 0.